The average Bonchev–Trinajstić information content (AvgIpc) is 2.98. The molecule has 1 unspecified atom stereocenters. The molecule has 0 fully saturated rings. The zero-order valence-electron chi connectivity index (χ0n) is 12.0. The van der Waals surface area contributed by atoms with Crippen LogP contribution >= 0.6 is 15.9 Å². The van der Waals surface area contributed by atoms with Gasteiger partial charge < -0.3 is 9.32 Å². The van der Waals surface area contributed by atoms with Crippen molar-refractivity contribution in [3.05, 3.63) is 52.4 Å². The molecule has 0 radical (unpaired) electrons. The van der Waals surface area contributed by atoms with Crippen LogP contribution in [0.4, 0.5) is 0 Å². The zero-order chi connectivity index (χ0) is 16.5. The second-order valence-electron chi connectivity index (χ2n) is 4.79. The average molecular weight is 387 g/mol. The third-order valence-corrected chi connectivity index (χ3v) is 4.96. The summed E-state index contributed by atoms with van der Waals surface area (Å²) in [4.78, 5) is 14.0. The smallest absolute Gasteiger partial charge is 0.255 e. The second kappa shape index (κ2) is 6.23. The number of amides is 1. The summed E-state index contributed by atoms with van der Waals surface area (Å²) in [5, 5.41) is 5.11. The number of hydrogen-bond acceptors (Lipinski definition) is 4. The van der Waals surface area contributed by atoms with E-state index in [1.165, 1.54) is 29.4 Å². The van der Waals surface area contributed by atoms with Crippen molar-refractivity contribution in [3.63, 3.8) is 0 Å². The number of benzene rings is 1. The van der Waals surface area contributed by atoms with Crippen LogP contribution in [0.25, 0.3) is 0 Å². The van der Waals surface area contributed by atoms with Crippen LogP contribution in [0.15, 0.2) is 50.4 Å². The predicted molar refractivity (Wildman–Crippen MR) is 84.7 cm³/mol. The lowest BCUT2D eigenvalue weighted by atomic mass is 10.1. The van der Waals surface area contributed by atoms with Crippen LogP contribution in [0.2, 0.25) is 0 Å². The van der Waals surface area contributed by atoms with Gasteiger partial charge in [0.2, 0.25) is 10.0 Å². The summed E-state index contributed by atoms with van der Waals surface area (Å²) >= 11 is 3.26. The Labute approximate surface area is 137 Å². The molecule has 22 heavy (non-hydrogen) atoms. The summed E-state index contributed by atoms with van der Waals surface area (Å²) in [7, 11) is -2.26. The number of nitrogens with zero attached hydrogens (tertiary/aromatic N) is 1. The van der Waals surface area contributed by atoms with Gasteiger partial charge in [-0.1, -0.05) is 0 Å². The third-order valence-electron chi connectivity index (χ3n) is 3.35. The molecule has 0 saturated carbocycles. The second-order valence-corrected chi connectivity index (χ2v) is 7.21. The van der Waals surface area contributed by atoms with Gasteiger partial charge in [-0.2, -0.15) is 0 Å². The molecule has 1 heterocycles. The molecule has 0 bridgehead atoms. The molecule has 0 spiro atoms. The molecule has 1 atom stereocenters. The highest BCUT2D eigenvalue weighted by molar-refractivity contribution is 9.10. The summed E-state index contributed by atoms with van der Waals surface area (Å²) in [6, 6.07) is 7.29. The van der Waals surface area contributed by atoms with Gasteiger partial charge in [-0.3, -0.25) is 4.79 Å². The molecule has 1 amide bonds. The Morgan fingerprint density at radius 3 is 2.59 bits per heavy atom. The Balaban J connectivity index is 2.37. The molecule has 1 aromatic heterocycles. The van der Waals surface area contributed by atoms with Crippen molar-refractivity contribution in [2.45, 2.75) is 17.9 Å². The minimum absolute atomic E-state index is 0.113. The van der Waals surface area contributed by atoms with E-state index < -0.39 is 10.0 Å². The van der Waals surface area contributed by atoms with Crippen LogP contribution in [0.1, 0.15) is 29.1 Å². The zero-order valence-corrected chi connectivity index (χ0v) is 14.4. The molecule has 2 aromatic rings. The number of hydrogen-bond donors (Lipinski definition) is 1. The number of sulfonamides is 1. The van der Waals surface area contributed by atoms with Crippen LogP contribution in [0.3, 0.4) is 0 Å². The van der Waals surface area contributed by atoms with E-state index in [0.717, 1.165) is 0 Å². The number of rotatable bonds is 4. The normalized spacial score (nSPS) is 12.9. The Hall–Kier alpha value is -1.64. The lowest BCUT2D eigenvalue weighted by Crippen LogP contribution is -2.30. The van der Waals surface area contributed by atoms with Crippen molar-refractivity contribution in [3.8, 4) is 0 Å². The SMILES string of the molecule is CC(c1ccco1)N(C)C(=O)c1cc(S(N)(=O)=O)ccc1Br. The fourth-order valence-corrected chi connectivity index (χ4v) is 2.89. The molecule has 0 saturated heterocycles. The summed E-state index contributed by atoms with van der Waals surface area (Å²) in [5.41, 5.74) is 0.215. The van der Waals surface area contributed by atoms with Gasteiger partial charge in [-0.25, -0.2) is 13.6 Å². The Kier molecular flexibility index (Phi) is 4.74. The van der Waals surface area contributed by atoms with Crippen LogP contribution in [0, 0.1) is 0 Å². The topological polar surface area (TPSA) is 93.6 Å². The number of primary sulfonamides is 1. The van der Waals surface area contributed by atoms with Crippen LogP contribution < -0.4 is 5.14 Å². The minimum atomic E-state index is -3.87. The Morgan fingerprint density at radius 2 is 2.05 bits per heavy atom. The fraction of sp³-hybridized carbons (Fsp3) is 0.214. The first-order valence-corrected chi connectivity index (χ1v) is 8.68. The van der Waals surface area contributed by atoms with Gasteiger partial charge in [0.25, 0.3) is 5.91 Å². The molecule has 0 aliphatic heterocycles. The summed E-state index contributed by atoms with van der Waals surface area (Å²) in [6.07, 6.45) is 1.53. The van der Waals surface area contributed by atoms with Gasteiger partial charge in [0.1, 0.15) is 5.76 Å². The maximum Gasteiger partial charge on any atom is 0.255 e. The standard InChI is InChI=1S/C14H15BrN2O4S/c1-9(13-4-3-7-21-13)17(2)14(18)11-8-10(22(16,19)20)5-6-12(11)15/h3-9H,1-2H3,(H2,16,19,20). The Morgan fingerprint density at radius 1 is 1.36 bits per heavy atom. The van der Waals surface area contributed by atoms with E-state index in [0.29, 0.717) is 10.2 Å². The van der Waals surface area contributed by atoms with Crippen molar-refractivity contribution < 1.29 is 17.6 Å². The van der Waals surface area contributed by atoms with E-state index in [-0.39, 0.29) is 22.4 Å². The summed E-state index contributed by atoms with van der Waals surface area (Å²) < 4.78 is 28.6. The number of furan rings is 1. The van der Waals surface area contributed by atoms with Crippen molar-refractivity contribution >= 4 is 31.9 Å². The van der Waals surface area contributed by atoms with E-state index in [9.17, 15) is 13.2 Å². The molecule has 1 aromatic carbocycles. The van der Waals surface area contributed by atoms with Crippen molar-refractivity contribution in [1.82, 2.24) is 4.90 Å². The number of nitrogens with two attached hydrogens (primary N) is 1. The monoisotopic (exact) mass is 386 g/mol. The molecule has 2 N–H and O–H groups in total. The van der Waals surface area contributed by atoms with Gasteiger partial charge in [0.15, 0.2) is 0 Å². The van der Waals surface area contributed by atoms with E-state index in [1.54, 1.807) is 19.2 Å². The van der Waals surface area contributed by atoms with Crippen LogP contribution in [-0.2, 0) is 10.0 Å². The molecular weight excluding hydrogens is 372 g/mol. The molecule has 2 rings (SSSR count). The quantitative estimate of drug-likeness (QED) is 0.873. The van der Waals surface area contributed by atoms with Gasteiger partial charge in [0, 0.05) is 11.5 Å². The van der Waals surface area contributed by atoms with E-state index >= 15 is 0 Å². The maximum atomic E-state index is 12.6. The first-order valence-electron chi connectivity index (χ1n) is 6.34. The number of carbonyl (C=O) groups excluding carboxylic acids is 1. The fourth-order valence-electron chi connectivity index (χ4n) is 1.93. The van der Waals surface area contributed by atoms with Gasteiger partial charge >= 0.3 is 0 Å². The van der Waals surface area contributed by atoms with Crippen molar-refractivity contribution in [1.29, 1.82) is 0 Å². The van der Waals surface area contributed by atoms with E-state index in [4.69, 9.17) is 9.56 Å². The molecular formula is C14H15BrN2O4S. The molecule has 8 heteroatoms. The molecule has 0 aliphatic rings. The van der Waals surface area contributed by atoms with Gasteiger partial charge in [0.05, 0.1) is 22.8 Å². The first-order chi connectivity index (χ1) is 10.2. The number of halogens is 1. The van der Waals surface area contributed by atoms with E-state index in [2.05, 4.69) is 15.9 Å². The summed E-state index contributed by atoms with van der Waals surface area (Å²) in [5.74, 6) is 0.288. The van der Waals surface area contributed by atoms with Gasteiger partial charge in [-0.15, -0.1) is 0 Å². The molecule has 6 nitrogen and oxygen atoms in total. The third kappa shape index (κ3) is 3.40. The van der Waals surface area contributed by atoms with Crippen molar-refractivity contribution in [2.75, 3.05) is 7.05 Å². The first kappa shape index (κ1) is 16.7. The highest BCUT2D eigenvalue weighted by Crippen LogP contribution is 2.26. The molecule has 0 aliphatic carbocycles. The lowest BCUT2D eigenvalue weighted by molar-refractivity contribution is 0.0725. The highest BCUT2D eigenvalue weighted by atomic mass is 79.9. The van der Waals surface area contributed by atoms with E-state index in [1.807, 2.05) is 6.92 Å². The summed E-state index contributed by atoms with van der Waals surface area (Å²) in [6.45, 7) is 1.81. The predicted octanol–water partition coefficient (Wildman–Crippen LogP) is 2.52. The maximum absolute atomic E-state index is 12.6. The number of carbonyl (C=O) groups is 1. The largest absolute Gasteiger partial charge is 0.467 e. The highest BCUT2D eigenvalue weighted by Gasteiger charge is 2.23. The Bertz CT molecular complexity index is 787. The lowest BCUT2D eigenvalue weighted by Gasteiger charge is -2.24. The van der Waals surface area contributed by atoms with Crippen LogP contribution in [-0.4, -0.2) is 26.3 Å². The van der Waals surface area contributed by atoms with Crippen molar-refractivity contribution in [2.24, 2.45) is 5.14 Å². The molecule has 118 valence electrons. The van der Waals surface area contributed by atoms with Crippen LogP contribution in [0.5, 0.6) is 0 Å². The van der Waals surface area contributed by atoms with Gasteiger partial charge in [-0.05, 0) is 53.2 Å². The minimum Gasteiger partial charge on any atom is -0.467 e.